The van der Waals surface area contributed by atoms with Gasteiger partial charge in [-0.25, -0.2) is 0 Å². The van der Waals surface area contributed by atoms with Crippen molar-refractivity contribution in [1.82, 2.24) is 9.80 Å². The average molecular weight is 288 g/mol. The molecule has 4 heteroatoms. The summed E-state index contributed by atoms with van der Waals surface area (Å²) < 4.78 is 0. The molecule has 0 saturated carbocycles. The number of carbonyl (C=O) groups is 1. The van der Waals surface area contributed by atoms with Crippen molar-refractivity contribution < 1.29 is 9.90 Å². The van der Waals surface area contributed by atoms with Gasteiger partial charge in [0.1, 0.15) is 0 Å². The van der Waals surface area contributed by atoms with Gasteiger partial charge in [-0.3, -0.25) is 9.69 Å². The molecule has 21 heavy (non-hydrogen) atoms. The fourth-order valence-corrected chi connectivity index (χ4v) is 3.41. The molecule has 0 spiro atoms. The van der Waals surface area contributed by atoms with Crippen LogP contribution in [0, 0.1) is 5.92 Å². The summed E-state index contributed by atoms with van der Waals surface area (Å²) in [7, 11) is 0. The highest BCUT2D eigenvalue weighted by Crippen LogP contribution is 2.25. The highest BCUT2D eigenvalue weighted by atomic mass is 16.4. The first-order chi connectivity index (χ1) is 10.2. The van der Waals surface area contributed by atoms with Gasteiger partial charge in [-0.2, -0.15) is 0 Å². The van der Waals surface area contributed by atoms with Crippen molar-refractivity contribution in [3.8, 4) is 0 Å². The Kier molecular flexibility index (Phi) is 4.56. The first kappa shape index (κ1) is 14.5. The largest absolute Gasteiger partial charge is 0.481 e. The fraction of sp³-hybridized carbons (Fsp3) is 0.588. The third kappa shape index (κ3) is 3.63. The lowest BCUT2D eigenvalue weighted by Crippen LogP contribution is -2.57. The average Bonchev–Trinajstić information content (AvgIpc) is 2.45. The number of benzene rings is 1. The number of nitrogens with zero attached hydrogens (tertiary/aromatic N) is 2. The monoisotopic (exact) mass is 288 g/mol. The number of hydrogen-bond donors (Lipinski definition) is 1. The van der Waals surface area contributed by atoms with Crippen molar-refractivity contribution in [1.29, 1.82) is 0 Å². The lowest BCUT2D eigenvalue weighted by atomic mass is 9.93. The zero-order valence-electron chi connectivity index (χ0n) is 12.4. The van der Waals surface area contributed by atoms with E-state index in [4.69, 9.17) is 5.11 Å². The second kappa shape index (κ2) is 6.58. The standard InChI is InChI=1S/C17H24N2O2/c20-17(21)15-12-19(13-15)16-7-10-18(11-8-16)9-6-14-4-2-1-3-5-14/h1-5,15-16H,6-13H2,(H,20,21). The van der Waals surface area contributed by atoms with Crippen LogP contribution in [0.15, 0.2) is 30.3 Å². The summed E-state index contributed by atoms with van der Waals surface area (Å²) in [5.74, 6) is -0.757. The maximum atomic E-state index is 10.8. The maximum absolute atomic E-state index is 10.8. The minimum Gasteiger partial charge on any atom is -0.481 e. The van der Waals surface area contributed by atoms with Crippen LogP contribution in [0.2, 0.25) is 0 Å². The Morgan fingerprint density at radius 2 is 1.81 bits per heavy atom. The summed E-state index contributed by atoms with van der Waals surface area (Å²) in [4.78, 5) is 15.7. The van der Waals surface area contributed by atoms with E-state index in [0.717, 1.165) is 39.1 Å². The van der Waals surface area contributed by atoms with Crippen LogP contribution in [-0.4, -0.2) is 59.6 Å². The van der Waals surface area contributed by atoms with E-state index in [1.54, 1.807) is 0 Å². The third-order valence-corrected chi connectivity index (χ3v) is 4.89. The van der Waals surface area contributed by atoms with Crippen LogP contribution < -0.4 is 0 Å². The Labute approximate surface area is 126 Å². The van der Waals surface area contributed by atoms with Crippen molar-refractivity contribution in [2.75, 3.05) is 32.7 Å². The van der Waals surface area contributed by atoms with E-state index in [0.29, 0.717) is 6.04 Å². The fourth-order valence-electron chi connectivity index (χ4n) is 3.41. The SMILES string of the molecule is O=C(O)C1CN(C2CCN(CCc3ccccc3)CC2)C1. The van der Waals surface area contributed by atoms with E-state index in [-0.39, 0.29) is 5.92 Å². The van der Waals surface area contributed by atoms with Gasteiger partial charge in [0.05, 0.1) is 5.92 Å². The van der Waals surface area contributed by atoms with E-state index >= 15 is 0 Å². The Balaban J connectivity index is 1.37. The molecule has 3 rings (SSSR count). The molecule has 114 valence electrons. The molecule has 0 amide bonds. The summed E-state index contributed by atoms with van der Waals surface area (Å²) in [6, 6.07) is 11.3. The van der Waals surface area contributed by atoms with Gasteiger partial charge >= 0.3 is 5.97 Å². The van der Waals surface area contributed by atoms with E-state index in [1.807, 2.05) is 0 Å². The molecule has 1 N–H and O–H groups in total. The molecule has 2 aliphatic rings. The van der Waals surface area contributed by atoms with Crippen molar-refractivity contribution in [2.45, 2.75) is 25.3 Å². The van der Waals surface area contributed by atoms with Gasteiger partial charge < -0.3 is 10.0 Å². The summed E-state index contributed by atoms with van der Waals surface area (Å²) in [5.41, 5.74) is 1.41. The van der Waals surface area contributed by atoms with Crippen LogP contribution in [-0.2, 0) is 11.2 Å². The van der Waals surface area contributed by atoms with Crippen molar-refractivity contribution in [3.63, 3.8) is 0 Å². The Hall–Kier alpha value is -1.39. The molecule has 2 heterocycles. The molecular weight excluding hydrogens is 264 g/mol. The summed E-state index contributed by atoms with van der Waals surface area (Å²) in [6.45, 7) is 4.93. The number of carboxylic acids is 1. The highest BCUT2D eigenvalue weighted by Gasteiger charge is 2.37. The minimum atomic E-state index is -0.633. The number of carboxylic acid groups (broad SMARTS) is 1. The molecule has 0 aromatic heterocycles. The molecule has 0 bridgehead atoms. The van der Waals surface area contributed by atoms with Gasteiger partial charge in [0, 0.05) is 25.7 Å². The van der Waals surface area contributed by atoms with Crippen molar-refractivity contribution >= 4 is 5.97 Å². The zero-order valence-corrected chi connectivity index (χ0v) is 12.4. The van der Waals surface area contributed by atoms with Crippen LogP contribution in [0.25, 0.3) is 0 Å². The first-order valence-corrected chi connectivity index (χ1v) is 7.95. The molecule has 4 nitrogen and oxygen atoms in total. The normalized spacial score (nSPS) is 22.1. The van der Waals surface area contributed by atoms with E-state index < -0.39 is 5.97 Å². The van der Waals surface area contributed by atoms with Gasteiger partial charge in [-0.1, -0.05) is 30.3 Å². The second-order valence-electron chi connectivity index (χ2n) is 6.30. The van der Waals surface area contributed by atoms with E-state index in [1.165, 1.54) is 18.4 Å². The number of hydrogen-bond acceptors (Lipinski definition) is 3. The molecule has 0 radical (unpaired) electrons. The van der Waals surface area contributed by atoms with Crippen LogP contribution in [0.4, 0.5) is 0 Å². The van der Waals surface area contributed by atoms with Crippen LogP contribution in [0.5, 0.6) is 0 Å². The highest BCUT2D eigenvalue weighted by molar-refractivity contribution is 5.71. The van der Waals surface area contributed by atoms with Gasteiger partial charge in [0.25, 0.3) is 0 Å². The zero-order chi connectivity index (χ0) is 14.7. The lowest BCUT2D eigenvalue weighted by Gasteiger charge is -2.45. The molecule has 2 aliphatic heterocycles. The van der Waals surface area contributed by atoms with E-state index in [9.17, 15) is 4.79 Å². The Bertz CT molecular complexity index is 463. The predicted molar refractivity (Wildman–Crippen MR) is 82.3 cm³/mol. The molecule has 0 atom stereocenters. The second-order valence-corrected chi connectivity index (χ2v) is 6.30. The summed E-state index contributed by atoms with van der Waals surface area (Å²) in [5, 5.41) is 8.93. The molecular formula is C17H24N2O2. The number of likely N-dealkylation sites (tertiary alicyclic amines) is 2. The van der Waals surface area contributed by atoms with Gasteiger partial charge in [0.15, 0.2) is 0 Å². The molecule has 1 aromatic carbocycles. The quantitative estimate of drug-likeness (QED) is 0.896. The first-order valence-electron chi connectivity index (χ1n) is 7.95. The Morgan fingerprint density at radius 1 is 1.14 bits per heavy atom. The van der Waals surface area contributed by atoms with E-state index in [2.05, 4.69) is 40.1 Å². The smallest absolute Gasteiger partial charge is 0.309 e. The van der Waals surface area contributed by atoms with Crippen molar-refractivity contribution in [3.05, 3.63) is 35.9 Å². The number of piperidine rings is 1. The lowest BCUT2D eigenvalue weighted by molar-refractivity contribution is -0.149. The predicted octanol–water partition coefficient (Wildman–Crippen LogP) is 1.71. The molecule has 1 aromatic rings. The minimum absolute atomic E-state index is 0.124. The molecule has 0 aliphatic carbocycles. The Morgan fingerprint density at radius 3 is 2.43 bits per heavy atom. The summed E-state index contributed by atoms with van der Waals surface area (Å²) >= 11 is 0. The molecule has 0 unspecified atom stereocenters. The van der Waals surface area contributed by atoms with Crippen LogP contribution >= 0.6 is 0 Å². The topological polar surface area (TPSA) is 43.8 Å². The summed E-state index contributed by atoms with van der Waals surface area (Å²) in [6.07, 6.45) is 3.48. The number of aliphatic carboxylic acids is 1. The number of rotatable bonds is 5. The van der Waals surface area contributed by atoms with Crippen LogP contribution in [0.1, 0.15) is 18.4 Å². The van der Waals surface area contributed by atoms with Crippen LogP contribution in [0.3, 0.4) is 0 Å². The van der Waals surface area contributed by atoms with Gasteiger partial charge in [0.2, 0.25) is 0 Å². The van der Waals surface area contributed by atoms with Gasteiger partial charge in [-0.05, 0) is 37.9 Å². The third-order valence-electron chi connectivity index (χ3n) is 4.89. The maximum Gasteiger partial charge on any atom is 0.309 e. The van der Waals surface area contributed by atoms with Gasteiger partial charge in [-0.15, -0.1) is 0 Å². The molecule has 2 fully saturated rings. The van der Waals surface area contributed by atoms with Crippen molar-refractivity contribution in [2.24, 2.45) is 5.92 Å². The molecule has 2 saturated heterocycles.